The van der Waals surface area contributed by atoms with Crippen molar-refractivity contribution in [3.8, 4) is 11.5 Å². The van der Waals surface area contributed by atoms with E-state index < -0.39 is 0 Å². The van der Waals surface area contributed by atoms with Crippen LogP contribution < -0.4 is 4.90 Å². The third-order valence-corrected chi connectivity index (χ3v) is 1.61. The third kappa shape index (κ3) is 2.13. The van der Waals surface area contributed by atoms with E-state index in [1.807, 2.05) is 14.1 Å². The number of phenolic OH excluding ortho intramolecular Hbond substituents is 2. The highest BCUT2D eigenvalue weighted by Crippen LogP contribution is 2.21. The monoisotopic (exact) mass is 168 g/mol. The molecule has 0 radical (unpaired) electrons. The summed E-state index contributed by atoms with van der Waals surface area (Å²) in [7, 11) is 4.01. The fourth-order valence-corrected chi connectivity index (χ4v) is 1.08. The predicted molar refractivity (Wildman–Crippen MR) is 46.3 cm³/mol. The van der Waals surface area contributed by atoms with Gasteiger partial charge in [0.05, 0.1) is 14.1 Å². The molecule has 0 unspecified atom stereocenters. The quantitative estimate of drug-likeness (QED) is 0.570. The maximum Gasteiger partial charge on any atom is 0.128 e. The molecule has 12 heavy (non-hydrogen) atoms. The Labute approximate surface area is 71.9 Å². The Bertz CT molecular complexity index is 271. The summed E-state index contributed by atoms with van der Waals surface area (Å²) in [5, 5.41) is 18.4. The van der Waals surface area contributed by atoms with Crippen LogP contribution >= 0.6 is 0 Å². The number of aromatic hydroxyl groups is 2. The Kier molecular flexibility index (Phi) is 2.55. The van der Waals surface area contributed by atoms with Gasteiger partial charge in [-0.05, 0) is 12.1 Å². The van der Waals surface area contributed by atoms with Gasteiger partial charge in [0.2, 0.25) is 0 Å². The SMILES string of the molecule is C[NH+](C)Cc1ccc(O)cc1O. The smallest absolute Gasteiger partial charge is 0.128 e. The number of hydrogen-bond acceptors (Lipinski definition) is 2. The maximum absolute atomic E-state index is 9.37. The number of hydrogen-bond donors (Lipinski definition) is 3. The van der Waals surface area contributed by atoms with Crippen molar-refractivity contribution in [2.75, 3.05) is 14.1 Å². The van der Waals surface area contributed by atoms with Gasteiger partial charge >= 0.3 is 0 Å². The fourth-order valence-electron chi connectivity index (χ4n) is 1.08. The predicted octanol–water partition coefficient (Wildman–Crippen LogP) is -0.258. The van der Waals surface area contributed by atoms with Gasteiger partial charge in [-0.3, -0.25) is 0 Å². The van der Waals surface area contributed by atoms with Crippen LogP contribution in [0.5, 0.6) is 11.5 Å². The van der Waals surface area contributed by atoms with Crippen LogP contribution in [-0.2, 0) is 6.54 Å². The average molecular weight is 168 g/mol. The van der Waals surface area contributed by atoms with Crippen LogP contribution in [0.4, 0.5) is 0 Å². The van der Waals surface area contributed by atoms with E-state index in [0.29, 0.717) is 0 Å². The van der Waals surface area contributed by atoms with Crippen LogP contribution in [0.2, 0.25) is 0 Å². The van der Waals surface area contributed by atoms with Crippen molar-refractivity contribution in [2.24, 2.45) is 0 Å². The zero-order chi connectivity index (χ0) is 9.14. The molecule has 0 amide bonds. The summed E-state index contributed by atoms with van der Waals surface area (Å²) in [5.41, 5.74) is 0.854. The Morgan fingerprint density at radius 1 is 1.25 bits per heavy atom. The van der Waals surface area contributed by atoms with Crippen molar-refractivity contribution >= 4 is 0 Å². The molecule has 0 saturated carbocycles. The van der Waals surface area contributed by atoms with Crippen LogP contribution in [0.1, 0.15) is 5.56 Å². The standard InChI is InChI=1S/C9H13NO2/c1-10(2)6-7-3-4-8(11)5-9(7)12/h3-5,11-12H,6H2,1-2H3/p+1. The van der Waals surface area contributed by atoms with Gasteiger partial charge in [0.1, 0.15) is 18.0 Å². The molecule has 0 saturated heterocycles. The highest BCUT2D eigenvalue weighted by Gasteiger charge is 2.04. The van der Waals surface area contributed by atoms with Crippen molar-refractivity contribution < 1.29 is 15.1 Å². The Morgan fingerprint density at radius 3 is 2.42 bits per heavy atom. The lowest BCUT2D eigenvalue weighted by Crippen LogP contribution is -3.04. The molecule has 0 aliphatic carbocycles. The van der Waals surface area contributed by atoms with E-state index in [2.05, 4.69) is 0 Å². The normalized spacial score (nSPS) is 10.6. The zero-order valence-electron chi connectivity index (χ0n) is 7.33. The molecule has 0 heterocycles. The van der Waals surface area contributed by atoms with Crippen molar-refractivity contribution in [1.29, 1.82) is 0 Å². The molecule has 1 rings (SSSR count). The first-order valence-corrected chi connectivity index (χ1v) is 3.89. The molecule has 1 aromatic carbocycles. The number of phenols is 2. The maximum atomic E-state index is 9.37. The molecule has 0 bridgehead atoms. The molecule has 0 fully saturated rings. The molecular formula is C9H14NO2+. The topological polar surface area (TPSA) is 44.9 Å². The number of rotatable bonds is 2. The van der Waals surface area contributed by atoms with Gasteiger partial charge < -0.3 is 15.1 Å². The van der Waals surface area contributed by atoms with Crippen molar-refractivity contribution in [1.82, 2.24) is 0 Å². The summed E-state index contributed by atoms with van der Waals surface area (Å²) < 4.78 is 0. The Hall–Kier alpha value is -1.22. The first-order valence-electron chi connectivity index (χ1n) is 3.89. The molecule has 0 aliphatic rings. The molecule has 0 atom stereocenters. The van der Waals surface area contributed by atoms with Gasteiger partial charge in [-0.25, -0.2) is 0 Å². The highest BCUT2D eigenvalue weighted by atomic mass is 16.3. The fraction of sp³-hybridized carbons (Fsp3) is 0.333. The Balaban J connectivity index is 2.86. The van der Waals surface area contributed by atoms with E-state index in [1.165, 1.54) is 11.0 Å². The second-order valence-corrected chi connectivity index (χ2v) is 3.20. The minimum atomic E-state index is 0.102. The van der Waals surface area contributed by atoms with Crippen molar-refractivity contribution in [2.45, 2.75) is 6.54 Å². The second-order valence-electron chi connectivity index (χ2n) is 3.20. The first kappa shape index (κ1) is 8.87. The summed E-state index contributed by atoms with van der Waals surface area (Å²) in [6.45, 7) is 0.756. The summed E-state index contributed by atoms with van der Waals surface area (Å²) in [4.78, 5) is 1.23. The molecule has 0 spiro atoms. The first-order chi connectivity index (χ1) is 5.59. The molecule has 0 aliphatic heterocycles. The van der Waals surface area contributed by atoms with Gasteiger partial charge in [0, 0.05) is 11.6 Å². The van der Waals surface area contributed by atoms with E-state index in [9.17, 15) is 5.11 Å². The van der Waals surface area contributed by atoms with Crippen LogP contribution in [0, 0.1) is 0 Å². The van der Waals surface area contributed by atoms with E-state index in [-0.39, 0.29) is 11.5 Å². The second kappa shape index (κ2) is 3.45. The number of quaternary nitrogens is 1. The van der Waals surface area contributed by atoms with Crippen LogP contribution in [0.15, 0.2) is 18.2 Å². The van der Waals surface area contributed by atoms with E-state index in [4.69, 9.17) is 5.11 Å². The lowest BCUT2D eigenvalue weighted by Gasteiger charge is -2.08. The number of nitrogens with one attached hydrogen (secondary N) is 1. The molecule has 3 heteroatoms. The molecule has 3 nitrogen and oxygen atoms in total. The zero-order valence-corrected chi connectivity index (χ0v) is 7.33. The van der Waals surface area contributed by atoms with E-state index >= 15 is 0 Å². The molecule has 0 aromatic heterocycles. The van der Waals surface area contributed by atoms with Gasteiger partial charge in [-0.1, -0.05) is 0 Å². The highest BCUT2D eigenvalue weighted by molar-refractivity contribution is 5.38. The Morgan fingerprint density at radius 2 is 1.92 bits per heavy atom. The van der Waals surface area contributed by atoms with Crippen LogP contribution in [0.25, 0.3) is 0 Å². The minimum absolute atomic E-state index is 0.102. The van der Waals surface area contributed by atoms with E-state index in [0.717, 1.165) is 12.1 Å². The van der Waals surface area contributed by atoms with Gasteiger partial charge in [-0.15, -0.1) is 0 Å². The summed E-state index contributed by atoms with van der Waals surface area (Å²) in [6, 6.07) is 4.67. The summed E-state index contributed by atoms with van der Waals surface area (Å²) in [6.07, 6.45) is 0. The van der Waals surface area contributed by atoms with Gasteiger partial charge in [0.25, 0.3) is 0 Å². The summed E-state index contributed by atoms with van der Waals surface area (Å²) >= 11 is 0. The average Bonchev–Trinajstić information content (AvgIpc) is 1.94. The molecule has 66 valence electrons. The third-order valence-electron chi connectivity index (χ3n) is 1.61. The minimum Gasteiger partial charge on any atom is -0.508 e. The van der Waals surface area contributed by atoms with Crippen molar-refractivity contribution in [3.05, 3.63) is 23.8 Å². The number of benzene rings is 1. The molecule has 1 aromatic rings. The molecular weight excluding hydrogens is 154 g/mol. The largest absolute Gasteiger partial charge is 0.508 e. The molecule has 3 N–H and O–H groups in total. The lowest BCUT2D eigenvalue weighted by atomic mass is 10.2. The van der Waals surface area contributed by atoms with Crippen LogP contribution in [0.3, 0.4) is 0 Å². The van der Waals surface area contributed by atoms with Gasteiger partial charge in [-0.2, -0.15) is 0 Å². The van der Waals surface area contributed by atoms with Crippen molar-refractivity contribution in [3.63, 3.8) is 0 Å². The lowest BCUT2D eigenvalue weighted by molar-refractivity contribution is -0.872. The van der Waals surface area contributed by atoms with Gasteiger partial charge in [0.15, 0.2) is 0 Å². The van der Waals surface area contributed by atoms with Crippen LogP contribution in [-0.4, -0.2) is 24.3 Å². The summed E-state index contributed by atoms with van der Waals surface area (Å²) in [5.74, 6) is 0.265. The van der Waals surface area contributed by atoms with E-state index in [1.54, 1.807) is 12.1 Å².